The molecule has 1 aliphatic rings. The summed E-state index contributed by atoms with van der Waals surface area (Å²) in [5.41, 5.74) is 0. The molecule has 0 aromatic carbocycles. The van der Waals surface area contributed by atoms with Gasteiger partial charge in [0, 0.05) is 32.2 Å². The average molecular weight is 200 g/mol. The Labute approximate surface area is 85.3 Å². The normalized spacial score (nSPS) is 24.1. The van der Waals surface area contributed by atoms with Gasteiger partial charge >= 0.3 is 5.97 Å². The van der Waals surface area contributed by atoms with Gasteiger partial charge in [0.25, 0.3) is 0 Å². The first-order chi connectivity index (χ1) is 6.59. The first-order valence-electron chi connectivity index (χ1n) is 5.27. The Hall–Kier alpha value is -0.610. The Morgan fingerprint density at radius 1 is 1.64 bits per heavy atom. The molecule has 1 aliphatic heterocycles. The summed E-state index contributed by atoms with van der Waals surface area (Å²) >= 11 is 0. The van der Waals surface area contributed by atoms with E-state index in [1.54, 1.807) is 0 Å². The van der Waals surface area contributed by atoms with Gasteiger partial charge in [-0.25, -0.2) is 0 Å². The number of nitrogens with zero attached hydrogens (tertiary/aromatic N) is 1. The van der Waals surface area contributed by atoms with E-state index in [1.807, 2.05) is 0 Å². The first kappa shape index (κ1) is 11.5. The van der Waals surface area contributed by atoms with Crippen molar-refractivity contribution in [3.05, 3.63) is 0 Å². The highest BCUT2D eigenvalue weighted by atomic mass is 16.4. The smallest absolute Gasteiger partial charge is 0.304 e. The van der Waals surface area contributed by atoms with E-state index in [0.29, 0.717) is 18.5 Å². The van der Waals surface area contributed by atoms with Gasteiger partial charge in [0.2, 0.25) is 0 Å². The van der Waals surface area contributed by atoms with E-state index in [9.17, 15) is 4.79 Å². The zero-order valence-electron chi connectivity index (χ0n) is 8.99. The lowest BCUT2D eigenvalue weighted by Gasteiger charge is -2.35. The first-order valence-corrected chi connectivity index (χ1v) is 5.27. The van der Waals surface area contributed by atoms with Crippen molar-refractivity contribution in [1.82, 2.24) is 10.2 Å². The summed E-state index contributed by atoms with van der Waals surface area (Å²) in [6.45, 7) is 7.99. The minimum Gasteiger partial charge on any atom is -0.481 e. The molecule has 0 unspecified atom stereocenters. The van der Waals surface area contributed by atoms with Gasteiger partial charge in [0.1, 0.15) is 0 Å². The molecule has 82 valence electrons. The molecule has 14 heavy (non-hydrogen) atoms. The lowest BCUT2D eigenvalue weighted by molar-refractivity contribution is -0.137. The lowest BCUT2D eigenvalue weighted by Crippen LogP contribution is -2.53. The SMILES string of the molecule is CC(C)[C@@H]1CN(CCC(=O)O)CCN1. The Bertz CT molecular complexity index is 195. The molecule has 1 rings (SSSR count). The molecule has 0 aromatic rings. The summed E-state index contributed by atoms with van der Waals surface area (Å²) in [7, 11) is 0. The van der Waals surface area contributed by atoms with Crippen molar-refractivity contribution in [3.63, 3.8) is 0 Å². The monoisotopic (exact) mass is 200 g/mol. The maximum Gasteiger partial charge on any atom is 0.304 e. The number of rotatable bonds is 4. The quantitative estimate of drug-likeness (QED) is 0.689. The van der Waals surface area contributed by atoms with Crippen molar-refractivity contribution >= 4 is 5.97 Å². The van der Waals surface area contributed by atoms with Crippen LogP contribution in [0, 0.1) is 5.92 Å². The molecule has 1 heterocycles. The fraction of sp³-hybridized carbons (Fsp3) is 0.900. The van der Waals surface area contributed by atoms with E-state index in [2.05, 4.69) is 24.1 Å². The van der Waals surface area contributed by atoms with E-state index in [4.69, 9.17) is 5.11 Å². The maximum absolute atomic E-state index is 10.4. The molecule has 1 fully saturated rings. The Morgan fingerprint density at radius 3 is 2.93 bits per heavy atom. The molecule has 0 bridgehead atoms. The molecule has 1 saturated heterocycles. The molecular weight excluding hydrogens is 180 g/mol. The van der Waals surface area contributed by atoms with Crippen LogP contribution in [0.3, 0.4) is 0 Å². The van der Waals surface area contributed by atoms with Crippen LogP contribution in [-0.2, 0) is 4.79 Å². The van der Waals surface area contributed by atoms with Gasteiger partial charge in [-0.05, 0) is 5.92 Å². The summed E-state index contributed by atoms with van der Waals surface area (Å²) in [4.78, 5) is 12.6. The summed E-state index contributed by atoms with van der Waals surface area (Å²) in [6, 6.07) is 0.512. The molecule has 0 spiro atoms. The molecular formula is C10H20N2O2. The second-order valence-electron chi connectivity index (χ2n) is 4.25. The second-order valence-corrected chi connectivity index (χ2v) is 4.25. The van der Waals surface area contributed by atoms with Crippen molar-refractivity contribution in [3.8, 4) is 0 Å². The zero-order valence-corrected chi connectivity index (χ0v) is 8.99. The summed E-state index contributed by atoms with van der Waals surface area (Å²) < 4.78 is 0. The average Bonchev–Trinajstić information content (AvgIpc) is 2.15. The Morgan fingerprint density at radius 2 is 2.36 bits per heavy atom. The number of carboxylic acid groups (broad SMARTS) is 1. The third kappa shape index (κ3) is 3.64. The number of carbonyl (C=O) groups is 1. The molecule has 0 saturated carbocycles. The van der Waals surface area contributed by atoms with Crippen LogP contribution >= 0.6 is 0 Å². The van der Waals surface area contributed by atoms with Crippen LogP contribution in [0.25, 0.3) is 0 Å². The molecule has 0 amide bonds. The van der Waals surface area contributed by atoms with Gasteiger partial charge in [0.05, 0.1) is 6.42 Å². The zero-order chi connectivity index (χ0) is 10.6. The number of hydrogen-bond donors (Lipinski definition) is 2. The highest BCUT2D eigenvalue weighted by Gasteiger charge is 2.21. The number of piperazine rings is 1. The topological polar surface area (TPSA) is 52.6 Å². The standard InChI is InChI=1S/C10H20N2O2/c1-8(2)9-7-12(6-4-11-9)5-3-10(13)14/h8-9,11H,3-7H2,1-2H3,(H,13,14)/t9-/m0/s1. The molecule has 4 heteroatoms. The van der Waals surface area contributed by atoms with Crippen molar-refractivity contribution in [2.75, 3.05) is 26.2 Å². The lowest BCUT2D eigenvalue weighted by atomic mass is 10.0. The van der Waals surface area contributed by atoms with E-state index < -0.39 is 5.97 Å². The molecule has 0 aromatic heterocycles. The molecule has 1 atom stereocenters. The Kier molecular flexibility index (Phi) is 4.35. The van der Waals surface area contributed by atoms with Crippen LogP contribution in [0.15, 0.2) is 0 Å². The van der Waals surface area contributed by atoms with Gasteiger partial charge in [-0.2, -0.15) is 0 Å². The van der Waals surface area contributed by atoms with Crippen molar-refractivity contribution in [1.29, 1.82) is 0 Å². The number of hydrogen-bond acceptors (Lipinski definition) is 3. The van der Waals surface area contributed by atoms with Crippen molar-refractivity contribution in [2.24, 2.45) is 5.92 Å². The maximum atomic E-state index is 10.4. The van der Waals surface area contributed by atoms with Gasteiger partial charge < -0.3 is 10.4 Å². The molecule has 4 nitrogen and oxygen atoms in total. The largest absolute Gasteiger partial charge is 0.481 e. The fourth-order valence-corrected chi connectivity index (χ4v) is 1.75. The highest BCUT2D eigenvalue weighted by molar-refractivity contribution is 5.66. The van der Waals surface area contributed by atoms with Crippen molar-refractivity contribution < 1.29 is 9.90 Å². The molecule has 2 N–H and O–H groups in total. The van der Waals surface area contributed by atoms with E-state index >= 15 is 0 Å². The van der Waals surface area contributed by atoms with Gasteiger partial charge in [-0.1, -0.05) is 13.8 Å². The van der Waals surface area contributed by atoms with Crippen molar-refractivity contribution in [2.45, 2.75) is 26.3 Å². The van der Waals surface area contributed by atoms with Gasteiger partial charge in [-0.15, -0.1) is 0 Å². The van der Waals surface area contributed by atoms with E-state index in [-0.39, 0.29) is 6.42 Å². The molecule has 0 radical (unpaired) electrons. The summed E-state index contributed by atoms with van der Waals surface area (Å²) in [6.07, 6.45) is 0.255. The molecule has 0 aliphatic carbocycles. The van der Waals surface area contributed by atoms with Crippen LogP contribution in [0.2, 0.25) is 0 Å². The number of nitrogens with one attached hydrogen (secondary N) is 1. The van der Waals surface area contributed by atoms with Crippen LogP contribution in [0.4, 0.5) is 0 Å². The minimum absolute atomic E-state index is 0.255. The fourth-order valence-electron chi connectivity index (χ4n) is 1.75. The van der Waals surface area contributed by atoms with E-state index in [1.165, 1.54) is 0 Å². The second kappa shape index (κ2) is 5.32. The van der Waals surface area contributed by atoms with Crippen LogP contribution in [-0.4, -0.2) is 48.2 Å². The third-order valence-corrected chi connectivity index (χ3v) is 2.74. The van der Waals surface area contributed by atoms with Crippen LogP contribution < -0.4 is 5.32 Å². The minimum atomic E-state index is -0.704. The predicted molar refractivity (Wildman–Crippen MR) is 55.3 cm³/mol. The third-order valence-electron chi connectivity index (χ3n) is 2.74. The van der Waals surface area contributed by atoms with Gasteiger partial charge in [-0.3, -0.25) is 9.69 Å². The van der Waals surface area contributed by atoms with Gasteiger partial charge in [0.15, 0.2) is 0 Å². The van der Waals surface area contributed by atoms with E-state index in [0.717, 1.165) is 19.6 Å². The van der Waals surface area contributed by atoms with Crippen LogP contribution in [0.1, 0.15) is 20.3 Å². The highest BCUT2D eigenvalue weighted by Crippen LogP contribution is 2.08. The Balaban J connectivity index is 2.29. The predicted octanol–water partition coefficient (Wildman–Crippen LogP) is 0.391. The summed E-state index contributed by atoms with van der Waals surface area (Å²) in [5.74, 6) is -0.0905. The number of aliphatic carboxylic acids is 1. The number of carboxylic acids is 1. The van der Waals surface area contributed by atoms with Crippen LogP contribution in [0.5, 0.6) is 0 Å². The summed E-state index contributed by atoms with van der Waals surface area (Å²) in [5, 5.41) is 12.0.